The second-order valence-electron chi connectivity index (χ2n) is 5.43. The lowest BCUT2D eigenvalue weighted by Gasteiger charge is -2.06. The van der Waals surface area contributed by atoms with Gasteiger partial charge in [-0.15, -0.1) is 0 Å². The maximum atomic E-state index is 11.4. The third-order valence-corrected chi connectivity index (χ3v) is 3.66. The van der Waals surface area contributed by atoms with Crippen LogP contribution in [-0.4, -0.2) is 13.1 Å². The van der Waals surface area contributed by atoms with E-state index in [1.165, 1.54) is 7.11 Å². The number of carbonyl (C=O) groups is 1. The molecule has 0 radical (unpaired) electrons. The summed E-state index contributed by atoms with van der Waals surface area (Å²) in [5.41, 5.74) is 2.75. The highest BCUT2D eigenvalue weighted by atomic mass is 16.5. The third-order valence-electron chi connectivity index (χ3n) is 3.66. The molecule has 0 spiro atoms. The SMILES string of the molecule is COC(=O)c1ccc(Oc2ccc(/C=C\c3ccccc3)cc2)cc1. The molecule has 0 amide bonds. The molecule has 0 aromatic heterocycles. The number of benzene rings is 3. The molecule has 3 nitrogen and oxygen atoms in total. The van der Waals surface area contributed by atoms with Gasteiger partial charge in [-0.2, -0.15) is 0 Å². The molecule has 3 aromatic carbocycles. The smallest absolute Gasteiger partial charge is 0.337 e. The molecule has 0 heterocycles. The van der Waals surface area contributed by atoms with Gasteiger partial charge in [0.25, 0.3) is 0 Å². The standard InChI is InChI=1S/C22H18O3/c1-24-22(23)19-11-15-21(16-12-19)25-20-13-9-18(10-14-20)8-7-17-5-3-2-4-6-17/h2-16H,1H3/b8-7-. The number of carbonyl (C=O) groups excluding carboxylic acids is 1. The van der Waals surface area contributed by atoms with Gasteiger partial charge in [0.15, 0.2) is 0 Å². The quantitative estimate of drug-likeness (QED) is 0.462. The lowest BCUT2D eigenvalue weighted by molar-refractivity contribution is 0.0600. The van der Waals surface area contributed by atoms with E-state index in [0.29, 0.717) is 11.3 Å². The van der Waals surface area contributed by atoms with E-state index >= 15 is 0 Å². The summed E-state index contributed by atoms with van der Waals surface area (Å²) >= 11 is 0. The molecule has 0 saturated carbocycles. The predicted molar refractivity (Wildman–Crippen MR) is 99.7 cm³/mol. The molecule has 0 atom stereocenters. The van der Waals surface area contributed by atoms with Crippen molar-refractivity contribution in [2.45, 2.75) is 0 Å². The van der Waals surface area contributed by atoms with Crippen LogP contribution in [0.4, 0.5) is 0 Å². The first-order valence-corrected chi connectivity index (χ1v) is 7.94. The van der Waals surface area contributed by atoms with Gasteiger partial charge in [-0.25, -0.2) is 4.79 Å². The monoisotopic (exact) mass is 330 g/mol. The van der Waals surface area contributed by atoms with Crippen molar-refractivity contribution in [2.24, 2.45) is 0 Å². The summed E-state index contributed by atoms with van der Waals surface area (Å²) in [6.45, 7) is 0. The van der Waals surface area contributed by atoms with Gasteiger partial charge in [-0.3, -0.25) is 0 Å². The molecular formula is C22H18O3. The predicted octanol–water partition coefficient (Wildman–Crippen LogP) is 5.44. The Morgan fingerprint density at radius 3 is 1.80 bits per heavy atom. The molecule has 25 heavy (non-hydrogen) atoms. The minimum atomic E-state index is -0.360. The molecule has 124 valence electrons. The van der Waals surface area contributed by atoms with Crippen molar-refractivity contribution in [2.75, 3.05) is 7.11 Å². The molecule has 3 heteroatoms. The van der Waals surface area contributed by atoms with E-state index in [1.54, 1.807) is 24.3 Å². The molecule has 0 unspecified atom stereocenters. The summed E-state index contributed by atoms with van der Waals surface area (Å²) in [5.74, 6) is 1.05. The zero-order valence-corrected chi connectivity index (χ0v) is 13.9. The first kappa shape index (κ1) is 16.5. The van der Waals surface area contributed by atoms with Gasteiger partial charge in [0, 0.05) is 0 Å². The van der Waals surface area contributed by atoms with Crippen LogP contribution < -0.4 is 4.74 Å². The molecule has 0 N–H and O–H groups in total. The van der Waals surface area contributed by atoms with E-state index in [-0.39, 0.29) is 5.97 Å². The molecule has 0 saturated heterocycles. The van der Waals surface area contributed by atoms with Gasteiger partial charge in [0.1, 0.15) is 11.5 Å². The molecule has 0 aliphatic carbocycles. The van der Waals surface area contributed by atoms with Crippen molar-refractivity contribution in [3.8, 4) is 11.5 Å². The highest BCUT2D eigenvalue weighted by Crippen LogP contribution is 2.23. The number of hydrogen-bond donors (Lipinski definition) is 0. The Balaban J connectivity index is 1.64. The van der Waals surface area contributed by atoms with Crippen molar-refractivity contribution in [3.05, 3.63) is 95.6 Å². The normalized spacial score (nSPS) is 10.6. The second-order valence-corrected chi connectivity index (χ2v) is 5.43. The summed E-state index contributed by atoms with van der Waals surface area (Å²) in [4.78, 5) is 11.4. The lowest BCUT2D eigenvalue weighted by Crippen LogP contribution is -2.00. The van der Waals surface area contributed by atoms with Crippen LogP contribution in [0.3, 0.4) is 0 Å². The maximum Gasteiger partial charge on any atom is 0.337 e. The highest BCUT2D eigenvalue weighted by molar-refractivity contribution is 5.89. The third kappa shape index (κ3) is 4.58. The number of methoxy groups -OCH3 is 1. The minimum Gasteiger partial charge on any atom is -0.465 e. The Bertz CT molecular complexity index is 848. The van der Waals surface area contributed by atoms with Gasteiger partial charge >= 0.3 is 5.97 Å². The van der Waals surface area contributed by atoms with Crippen molar-refractivity contribution >= 4 is 18.1 Å². The Kier molecular flexibility index (Phi) is 5.27. The van der Waals surface area contributed by atoms with Crippen LogP contribution in [0.15, 0.2) is 78.9 Å². The Morgan fingerprint density at radius 2 is 1.24 bits per heavy atom. The van der Waals surface area contributed by atoms with Gasteiger partial charge in [-0.05, 0) is 47.5 Å². The van der Waals surface area contributed by atoms with Crippen LogP contribution in [0.5, 0.6) is 11.5 Å². The summed E-state index contributed by atoms with van der Waals surface area (Å²) in [6, 6.07) is 24.8. The molecule has 0 bridgehead atoms. The van der Waals surface area contributed by atoms with E-state index in [1.807, 2.05) is 42.5 Å². The summed E-state index contributed by atoms with van der Waals surface area (Å²) in [5, 5.41) is 0. The van der Waals surface area contributed by atoms with Crippen molar-refractivity contribution in [1.82, 2.24) is 0 Å². The number of ether oxygens (including phenoxy) is 2. The van der Waals surface area contributed by atoms with Gasteiger partial charge in [0.2, 0.25) is 0 Å². The van der Waals surface area contributed by atoms with Crippen LogP contribution in [0.25, 0.3) is 12.2 Å². The fourth-order valence-corrected chi connectivity index (χ4v) is 2.32. The van der Waals surface area contributed by atoms with Gasteiger partial charge < -0.3 is 9.47 Å². The van der Waals surface area contributed by atoms with E-state index in [4.69, 9.17) is 4.74 Å². The number of rotatable bonds is 5. The average Bonchev–Trinajstić information content (AvgIpc) is 2.68. The zero-order chi connectivity index (χ0) is 17.5. The molecule has 0 aliphatic heterocycles. The summed E-state index contributed by atoms with van der Waals surface area (Å²) in [7, 11) is 1.36. The topological polar surface area (TPSA) is 35.5 Å². The first-order chi connectivity index (χ1) is 12.2. The van der Waals surface area contributed by atoms with Crippen LogP contribution in [0.1, 0.15) is 21.5 Å². The minimum absolute atomic E-state index is 0.360. The molecular weight excluding hydrogens is 312 g/mol. The van der Waals surface area contributed by atoms with E-state index in [0.717, 1.165) is 16.9 Å². The molecule has 3 aromatic rings. The number of esters is 1. The molecule has 0 fully saturated rings. The van der Waals surface area contributed by atoms with Crippen molar-refractivity contribution in [3.63, 3.8) is 0 Å². The highest BCUT2D eigenvalue weighted by Gasteiger charge is 2.05. The van der Waals surface area contributed by atoms with Gasteiger partial charge in [-0.1, -0.05) is 54.6 Å². The van der Waals surface area contributed by atoms with Crippen molar-refractivity contribution in [1.29, 1.82) is 0 Å². The summed E-state index contributed by atoms with van der Waals surface area (Å²) < 4.78 is 10.5. The second kappa shape index (κ2) is 7.97. The van der Waals surface area contributed by atoms with Crippen LogP contribution in [-0.2, 0) is 4.74 Å². The maximum absolute atomic E-state index is 11.4. The first-order valence-electron chi connectivity index (χ1n) is 7.94. The fraction of sp³-hybridized carbons (Fsp3) is 0.0455. The van der Waals surface area contributed by atoms with Gasteiger partial charge in [0.05, 0.1) is 12.7 Å². The largest absolute Gasteiger partial charge is 0.465 e. The van der Waals surface area contributed by atoms with Crippen LogP contribution in [0.2, 0.25) is 0 Å². The zero-order valence-electron chi connectivity index (χ0n) is 13.9. The Labute approximate surface area is 147 Å². The van der Waals surface area contributed by atoms with E-state index < -0.39 is 0 Å². The van der Waals surface area contributed by atoms with E-state index in [2.05, 4.69) is 29.0 Å². The number of hydrogen-bond acceptors (Lipinski definition) is 3. The Morgan fingerprint density at radius 1 is 0.720 bits per heavy atom. The Hall–Kier alpha value is -3.33. The summed E-state index contributed by atoms with van der Waals surface area (Å²) in [6.07, 6.45) is 4.13. The average molecular weight is 330 g/mol. The molecule has 3 rings (SSSR count). The van der Waals surface area contributed by atoms with Crippen LogP contribution in [0, 0.1) is 0 Å². The fourth-order valence-electron chi connectivity index (χ4n) is 2.32. The lowest BCUT2D eigenvalue weighted by atomic mass is 10.1. The van der Waals surface area contributed by atoms with E-state index in [9.17, 15) is 4.79 Å². The molecule has 0 aliphatic rings. The van der Waals surface area contributed by atoms with Crippen molar-refractivity contribution < 1.29 is 14.3 Å². The van der Waals surface area contributed by atoms with Crippen LogP contribution >= 0.6 is 0 Å².